The number of hydrogen-bond donors (Lipinski definition) is 1. The van der Waals surface area contributed by atoms with E-state index in [-0.39, 0.29) is 11.9 Å². The predicted molar refractivity (Wildman–Crippen MR) is 66.1 cm³/mol. The van der Waals surface area contributed by atoms with Crippen molar-refractivity contribution in [3.8, 4) is 0 Å². The number of carbonyl (C=O) groups excluding carboxylic acids is 1. The van der Waals surface area contributed by atoms with Crippen molar-refractivity contribution in [2.24, 2.45) is 11.7 Å². The molecule has 16 heavy (non-hydrogen) atoms. The fourth-order valence-corrected chi connectivity index (χ4v) is 2.08. The van der Waals surface area contributed by atoms with Gasteiger partial charge in [0.25, 0.3) is 0 Å². The first-order chi connectivity index (χ1) is 7.54. The second kappa shape index (κ2) is 6.21. The van der Waals surface area contributed by atoms with Crippen LogP contribution in [0.25, 0.3) is 0 Å². The Kier molecular flexibility index (Phi) is 5.22. The third-order valence-electron chi connectivity index (χ3n) is 3.06. The molecule has 0 radical (unpaired) electrons. The fourth-order valence-electron chi connectivity index (χ4n) is 2.08. The maximum Gasteiger partial charge on any atom is 0.239 e. The van der Waals surface area contributed by atoms with E-state index in [4.69, 9.17) is 5.73 Å². The SMILES string of the molecule is CC[C@@H](N)C(=O)N1CCN(CC(C)C)CC1. The van der Waals surface area contributed by atoms with Gasteiger partial charge in [-0.3, -0.25) is 9.69 Å². The summed E-state index contributed by atoms with van der Waals surface area (Å²) in [4.78, 5) is 16.2. The summed E-state index contributed by atoms with van der Waals surface area (Å²) in [5.41, 5.74) is 5.76. The minimum absolute atomic E-state index is 0.117. The van der Waals surface area contributed by atoms with Crippen LogP contribution in [0.3, 0.4) is 0 Å². The summed E-state index contributed by atoms with van der Waals surface area (Å²) in [5.74, 6) is 0.812. The fraction of sp³-hybridized carbons (Fsp3) is 0.917. The van der Waals surface area contributed by atoms with E-state index >= 15 is 0 Å². The summed E-state index contributed by atoms with van der Waals surface area (Å²) in [6.07, 6.45) is 0.727. The third kappa shape index (κ3) is 3.76. The topological polar surface area (TPSA) is 49.6 Å². The molecule has 1 fully saturated rings. The van der Waals surface area contributed by atoms with E-state index in [1.165, 1.54) is 0 Å². The number of amides is 1. The Morgan fingerprint density at radius 1 is 1.25 bits per heavy atom. The van der Waals surface area contributed by atoms with Gasteiger partial charge in [0, 0.05) is 32.7 Å². The molecule has 0 aromatic heterocycles. The number of carbonyl (C=O) groups is 1. The van der Waals surface area contributed by atoms with Crippen LogP contribution in [0, 0.1) is 5.92 Å². The van der Waals surface area contributed by atoms with Crippen LogP contribution in [-0.2, 0) is 4.79 Å². The molecule has 0 unspecified atom stereocenters. The van der Waals surface area contributed by atoms with Crippen molar-refractivity contribution in [3.63, 3.8) is 0 Å². The lowest BCUT2D eigenvalue weighted by atomic mass is 10.1. The van der Waals surface area contributed by atoms with E-state index in [2.05, 4.69) is 18.7 Å². The average Bonchev–Trinajstić information content (AvgIpc) is 2.27. The third-order valence-corrected chi connectivity index (χ3v) is 3.06. The zero-order valence-electron chi connectivity index (χ0n) is 10.8. The summed E-state index contributed by atoms with van der Waals surface area (Å²) in [6, 6.07) is -0.309. The van der Waals surface area contributed by atoms with Crippen molar-refractivity contribution >= 4 is 5.91 Å². The predicted octanol–water partition coefficient (Wildman–Crippen LogP) is 0.524. The molecule has 0 saturated carbocycles. The Labute approximate surface area is 98.8 Å². The first-order valence-corrected chi connectivity index (χ1v) is 6.31. The highest BCUT2D eigenvalue weighted by molar-refractivity contribution is 5.81. The highest BCUT2D eigenvalue weighted by Gasteiger charge is 2.24. The molecule has 0 spiro atoms. The van der Waals surface area contributed by atoms with E-state index in [9.17, 15) is 4.79 Å². The number of nitrogens with two attached hydrogens (primary N) is 1. The van der Waals surface area contributed by atoms with Crippen molar-refractivity contribution in [1.82, 2.24) is 9.80 Å². The average molecular weight is 227 g/mol. The molecule has 4 nitrogen and oxygen atoms in total. The van der Waals surface area contributed by atoms with E-state index in [1.54, 1.807) is 0 Å². The Balaban J connectivity index is 2.34. The number of nitrogens with zero attached hydrogens (tertiary/aromatic N) is 2. The van der Waals surface area contributed by atoms with Crippen molar-refractivity contribution < 1.29 is 4.79 Å². The molecule has 0 aromatic carbocycles. The molecular weight excluding hydrogens is 202 g/mol. The lowest BCUT2D eigenvalue weighted by Crippen LogP contribution is -2.53. The van der Waals surface area contributed by atoms with E-state index in [0.29, 0.717) is 5.92 Å². The van der Waals surface area contributed by atoms with Gasteiger partial charge in [-0.15, -0.1) is 0 Å². The lowest BCUT2D eigenvalue weighted by molar-refractivity contribution is -0.134. The van der Waals surface area contributed by atoms with Gasteiger partial charge in [0.1, 0.15) is 0 Å². The second-order valence-corrected chi connectivity index (χ2v) is 5.03. The van der Waals surface area contributed by atoms with Crippen molar-refractivity contribution in [1.29, 1.82) is 0 Å². The molecule has 1 heterocycles. The highest BCUT2D eigenvalue weighted by Crippen LogP contribution is 2.07. The van der Waals surface area contributed by atoms with Crippen LogP contribution in [0.5, 0.6) is 0 Å². The summed E-state index contributed by atoms with van der Waals surface area (Å²) in [5, 5.41) is 0. The zero-order chi connectivity index (χ0) is 12.1. The summed E-state index contributed by atoms with van der Waals surface area (Å²) in [7, 11) is 0. The molecule has 1 saturated heterocycles. The van der Waals surface area contributed by atoms with Gasteiger partial charge >= 0.3 is 0 Å². The van der Waals surface area contributed by atoms with Crippen LogP contribution in [-0.4, -0.2) is 54.5 Å². The Bertz CT molecular complexity index is 222. The first-order valence-electron chi connectivity index (χ1n) is 6.31. The molecule has 1 amide bonds. The van der Waals surface area contributed by atoms with E-state index < -0.39 is 0 Å². The zero-order valence-corrected chi connectivity index (χ0v) is 10.8. The van der Waals surface area contributed by atoms with Gasteiger partial charge in [0.2, 0.25) is 5.91 Å². The molecule has 1 rings (SSSR count). The molecule has 0 aromatic rings. The van der Waals surface area contributed by atoms with Crippen LogP contribution in [0.4, 0.5) is 0 Å². The Morgan fingerprint density at radius 3 is 2.25 bits per heavy atom. The van der Waals surface area contributed by atoms with Gasteiger partial charge in [-0.1, -0.05) is 20.8 Å². The van der Waals surface area contributed by atoms with Crippen LogP contribution in [0.15, 0.2) is 0 Å². The molecule has 1 atom stereocenters. The van der Waals surface area contributed by atoms with Gasteiger partial charge in [0.05, 0.1) is 6.04 Å². The monoisotopic (exact) mass is 227 g/mol. The van der Waals surface area contributed by atoms with Gasteiger partial charge in [0.15, 0.2) is 0 Å². The quantitative estimate of drug-likeness (QED) is 0.762. The van der Waals surface area contributed by atoms with Gasteiger partial charge in [-0.05, 0) is 12.3 Å². The van der Waals surface area contributed by atoms with Crippen molar-refractivity contribution in [2.45, 2.75) is 33.2 Å². The minimum Gasteiger partial charge on any atom is -0.339 e. The molecule has 0 aliphatic carbocycles. The number of rotatable bonds is 4. The molecule has 94 valence electrons. The van der Waals surface area contributed by atoms with Crippen LogP contribution in [0.2, 0.25) is 0 Å². The molecule has 0 bridgehead atoms. The minimum atomic E-state index is -0.309. The maximum atomic E-state index is 11.8. The highest BCUT2D eigenvalue weighted by atomic mass is 16.2. The number of hydrogen-bond acceptors (Lipinski definition) is 3. The molecular formula is C12H25N3O. The second-order valence-electron chi connectivity index (χ2n) is 5.03. The van der Waals surface area contributed by atoms with Crippen molar-refractivity contribution in [2.75, 3.05) is 32.7 Å². The molecule has 1 aliphatic rings. The van der Waals surface area contributed by atoms with Crippen LogP contribution in [0.1, 0.15) is 27.2 Å². The standard InChI is InChI=1S/C12H25N3O/c1-4-11(13)12(16)15-7-5-14(6-8-15)9-10(2)3/h10-11H,4-9,13H2,1-3H3/t11-/m1/s1. The number of piperazine rings is 1. The van der Waals surface area contributed by atoms with Gasteiger partial charge in [-0.2, -0.15) is 0 Å². The lowest BCUT2D eigenvalue weighted by Gasteiger charge is -2.36. The van der Waals surface area contributed by atoms with Crippen LogP contribution >= 0.6 is 0 Å². The smallest absolute Gasteiger partial charge is 0.239 e. The molecule has 4 heteroatoms. The summed E-state index contributed by atoms with van der Waals surface area (Å²) in [6.45, 7) is 11.2. The maximum absolute atomic E-state index is 11.8. The van der Waals surface area contributed by atoms with Crippen molar-refractivity contribution in [3.05, 3.63) is 0 Å². The largest absolute Gasteiger partial charge is 0.339 e. The van der Waals surface area contributed by atoms with Gasteiger partial charge in [-0.25, -0.2) is 0 Å². The first kappa shape index (κ1) is 13.5. The summed E-state index contributed by atoms with van der Waals surface area (Å²) < 4.78 is 0. The Morgan fingerprint density at radius 2 is 1.81 bits per heavy atom. The molecule has 1 aliphatic heterocycles. The normalized spacial score (nSPS) is 20.2. The summed E-state index contributed by atoms with van der Waals surface area (Å²) >= 11 is 0. The van der Waals surface area contributed by atoms with E-state index in [1.807, 2.05) is 11.8 Å². The Hall–Kier alpha value is -0.610. The van der Waals surface area contributed by atoms with E-state index in [0.717, 1.165) is 39.1 Å². The van der Waals surface area contributed by atoms with Crippen LogP contribution < -0.4 is 5.73 Å². The van der Waals surface area contributed by atoms with Gasteiger partial charge < -0.3 is 10.6 Å². The molecule has 2 N–H and O–H groups in total.